The standard InChI is InChI=1S/C11H13FN4/c1-8(13)11-7-16(15-14-11)6-9-4-2-3-5-10(9)12/h2-5,7-8H,6,13H2,1H3. The van der Waals surface area contributed by atoms with E-state index in [-0.39, 0.29) is 11.9 Å². The zero-order valence-corrected chi connectivity index (χ0v) is 8.97. The van der Waals surface area contributed by atoms with E-state index in [1.807, 2.05) is 6.92 Å². The fourth-order valence-electron chi connectivity index (χ4n) is 1.40. The first-order chi connectivity index (χ1) is 7.66. The van der Waals surface area contributed by atoms with Crippen LogP contribution in [0.1, 0.15) is 24.2 Å². The Hall–Kier alpha value is -1.75. The summed E-state index contributed by atoms with van der Waals surface area (Å²) in [6, 6.07) is 6.45. The summed E-state index contributed by atoms with van der Waals surface area (Å²) in [5.74, 6) is -0.236. The zero-order chi connectivity index (χ0) is 11.5. The molecule has 1 aromatic heterocycles. The van der Waals surface area contributed by atoms with E-state index in [9.17, 15) is 4.39 Å². The van der Waals surface area contributed by atoms with Crippen molar-refractivity contribution in [3.63, 3.8) is 0 Å². The fourth-order valence-corrected chi connectivity index (χ4v) is 1.40. The Kier molecular flexibility index (Phi) is 2.96. The van der Waals surface area contributed by atoms with E-state index < -0.39 is 0 Å². The summed E-state index contributed by atoms with van der Waals surface area (Å²) in [6.07, 6.45) is 1.73. The number of hydrogen-bond donors (Lipinski definition) is 1. The van der Waals surface area contributed by atoms with Crippen LogP contribution in [-0.2, 0) is 6.54 Å². The molecule has 0 aliphatic rings. The lowest BCUT2D eigenvalue weighted by Crippen LogP contribution is -2.05. The summed E-state index contributed by atoms with van der Waals surface area (Å²) < 4.78 is 14.9. The van der Waals surface area contributed by atoms with Crippen LogP contribution in [0.4, 0.5) is 4.39 Å². The Labute approximate surface area is 92.9 Å². The lowest BCUT2D eigenvalue weighted by atomic mass is 10.2. The molecule has 2 N–H and O–H groups in total. The highest BCUT2D eigenvalue weighted by Gasteiger charge is 2.07. The van der Waals surface area contributed by atoms with Gasteiger partial charge >= 0.3 is 0 Å². The highest BCUT2D eigenvalue weighted by molar-refractivity contribution is 5.17. The second kappa shape index (κ2) is 4.40. The number of benzene rings is 1. The maximum Gasteiger partial charge on any atom is 0.128 e. The second-order valence-corrected chi connectivity index (χ2v) is 3.72. The van der Waals surface area contributed by atoms with Crippen molar-refractivity contribution in [3.05, 3.63) is 47.5 Å². The van der Waals surface area contributed by atoms with Gasteiger partial charge in [0.25, 0.3) is 0 Å². The monoisotopic (exact) mass is 220 g/mol. The van der Waals surface area contributed by atoms with Crippen molar-refractivity contribution < 1.29 is 4.39 Å². The Balaban J connectivity index is 2.18. The third kappa shape index (κ3) is 2.25. The van der Waals surface area contributed by atoms with Crippen LogP contribution in [0.5, 0.6) is 0 Å². The molecule has 2 rings (SSSR count). The molecule has 0 bridgehead atoms. The number of rotatable bonds is 3. The fraction of sp³-hybridized carbons (Fsp3) is 0.273. The minimum absolute atomic E-state index is 0.158. The van der Waals surface area contributed by atoms with Crippen LogP contribution in [0.15, 0.2) is 30.5 Å². The van der Waals surface area contributed by atoms with E-state index in [0.29, 0.717) is 17.8 Å². The lowest BCUT2D eigenvalue weighted by molar-refractivity contribution is 0.577. The van der Waals surface area contributed by atoms with Crippen LogP contribution in [0.3, 0.4) is 0 Å². The smallest absolute Gasteiger partial charge is 0.128 e. The Morgan fingerprint density at radius 1 is 1.44 bits per heavy atom. The summed E-state index contributed by atoms with van der Waals surface area (Å²) in [4.78, 5) is 0. The molecule has 0 aliphatic carbocycles. The van der Waals surface area contributed by atoms with E-state index in [1.54, 1.807) is 29.1 Å². The van der Waals surface area contributed by atoms with E-state index >= 15 is 0 Å². The molecule has 0 spiro atoms. The molecule has 0 fully saturated rings. The highest BCUT2D eigenvalue weighted by atomic mass is 19.1. The molecule has 1 heterocycles. The predicted molar refractivity (Wildman–Crippen MR) is 58.1 cm³/mol. The first kappa shape index (κ1) is 10.8. The van der Waals surface area contributed by atoms with Gasteiger partial charge in [-0.05, 0) is 13.0 Å². The topological polar surface area (TPSA) is 56.7 Å². The molecule has 1 atom stereocenters. The van der Waals surface area contributed by atoms with Crippen LogP contribution in [0.2, 0.25) is 0 Å². The molecule has 4 nitrogen and oxygen atoms in total. The summed E-state index contributed by atoms with van der Waals surface area (Å²) in [5.41, 5.74) is 6.95. The van der Waals surface area contributed by atoms with Gasteiger partial charge in [0.2, 0.25) is 0 Å². The molecule has 5 heteroatoms. The molecule has 1 unspecified atom stereocenters. The van der Waals surface area contributed by atoms with Crippen LogP contribution in [0, 0.1) is 5.82 Å². The summed E-state index contributed by atoms with van der Waals surface area (Å²) in [6.45, 7) is 2.20. The van der Waals surface area contributed by atoms with Gasteiger partial charge in [-0.15, -0.1) is 5.10 Å². The molecule has 0 aliphatic heterocycles. The Bertz CT molecular complexity index is 478. The summed E-state index contributed by atoms with van der Waals surface area (Å²) >= 11 is 0. The van der Waals surface area contributed by atoms with Gasteiger partial charge in [-0.2, -0.15) is 0 Å². The Morgan fingerprint density at radius 3 is 2.81 bits per heavy atom. The second-order valence-electron chi connectivity index (χ2n) is 3.72. The van der Waals surface area contributed by atoms with Gasteiger partial charge in [-0.25, -0.2) is 9.07 Å². The van der Waals surface area contributed by atoms with Gasteiger partial charge in [0.05, 0.1) is 18.4 Å². The average molecular weight is 220 g/mol. The Morgan fingerprint density at radius 2 is 2.19 bits per heavy atom. The van der Waals surface area contributed by atoms with Gasteiger partial charge < -0.3 is 5.73 Å². The molecule has 1 aromatic carbocycles. The van der Waals surface area contributed by atoms with E-state index in [1.165, 1.54) is 6.07 Å². The lowest BCUT2D eigenvalue weighted by Gasteiger charge is -2.02. The number of nitrogens with zero attached hydrogens (tertiary/aromatic N) is 3. The van der Waals surface area contributed by atoms with Crippen molar-refractivity contribution in [2.45, 2.75) is 19.5 Å². The van der Waals surface area contributed by atoms with Gasteiger partial charge in [0, 0.05) is 11.6 Å². The van der Waals surface area contributed by atoms with E-state index in [2.05, 4.69) is 10.3 Å². The largest absolute Gasteiger partial charge is 0.323 e. The third-order valence-corrected chi connectivity index (χ3v) is 2.31. The third-order valence-electron chi connectivity index (χ3n) is 2.31. The van der Waals surface area contributed by atoms with Gasteiger partial charge in [-0.3, -0.25) is 0 Å². The van der Waals surface area contributed by atoms with Gasteiger partial charge in [0.15, 0.2) is 0 Å². The quantitative estimate of drug-likeness (QED) is 0.852. The minimum atomic E-state index is -0.236. The minimum Gasteiger partial charge on any atom is -0.323 e. The van der Waals surface area contributed by atoms with Crippen LogP contribution < -0.4 is 5.73 Å². The van der Waals surface area contributed by atoms with E-state index in [0.717, 1.165) is 0 Å². The molecule has 16 heavy (non-hydrogen) atoms. The molecule has 0 amide bonds. The molecule has 84 valence electrons. The number of hydrogen-bond acceptors (Lipinski definition) is 3. The molecule has 0 radical (unpaired) electrons. The maximum absolute atomic E-state index is 13.4. The normalized spacial score (nSPS) is 12.7. The van der Waals surface area contributed by atoms with Crippen molar-refractivity contribution >= 4 is 0 Å². The molecular formula is C11H13FN4. The first-order valence-corrected chi connectivity index (χ1v) is 5.06. The summed E-state index contributed by atoms with van der Waals surface area (Å²) in [7, 11) is 0. The van der Waals surface area contributed by atoms with E-state index in [4.69, 9.17) is 5.73 Å². The summed E-state index contributed by atoms with van der Waals surface area (Å²) in [5, 5.41) is 7.80. The van der Waals surface area contributed by atoms with Gasteiger partial charge in [-0.1, -0.05) is 23.4 Å². The predicted octanol–water partition coefficient (Wildman–Crippen LogP) is 1.49. The molecule has 2 aromatic rings. The van der Waals surface area contributed by atoms with Crippen molar-refractivity contribution in [2.75, 3.05) is 0 Å². The maximum atomic E-state index is 13.4. The molecular weight excluding hydrogens is 207 g/mol. The number of halogens is 1. The van der Waals surface area contributed by atoms with Crippen LogP contribution >= 0.6 is 0 Å². The molecule has 0 saturated heterocycles. The first-order valence-electron chi connectivity index (χ1n) is 5.06. The van der Waals surface area contributed by atoms with Crippen LogP contribution in [0.25, 0.3) is 0 Å². The van der Waals surface area contributed by atoms with Crippen molar-refractivity contribution in [2.24, 2.45) is 5.73 Å². The number of nitrogens with two attached hydrogens (primary N) is 1. The highest BCUT2D eigenvalue weighted by Crippen LogP contribution is 2.09. The zero-order valence-electron chi connectivity index (χ0n) is 8.97. The molecule has 0 saturated carbocycles. The number of aromatic nitrogens is 3. The van der Waals surface area contributed by atoms with Crippen molar-refractivity contribution in [3.8, 4) is 0 Å². The van der Waals surface area contributed by atoms with Gasteiger partial charge in [0.1, 0.15) is 5.82 Å². The van der Waals surface area contributed by atoms with Crippen LogP contribution in [-0.4, -0.2) is 15.0 Å². The SMILES string of the molecule is CC(N)c1cn(Cc2ccccc2F)nn1. The average Bonchev–Trinajstić information content (AvgIpc) is 2.70. The van der Waals surface area contributed by atoms with Crippen molar-refractivity contribution in [1.82, 2.24) is 15.0 Å². The van der Waals surface area contributed by atoms with Crippen molar-refractivity contribution in [1.29, 1.82) is 0 Å².